The normalized spacial score (nSPS) is 23.4. The number of rotatable bonds is 3. The lowest BCUT2D eigenvalue weighted by atomic mass is 10.0. The van der Waals surface area contributed by atoms with Gasteiger partial charge in [-0.2, -0.15) is 4.31 Å². The van der Waals surface area contributed by atoms with Gasteiger partial charge in [-0.3, -0.25) is 9.69 Å². The lowest BCUT2D eigenvalue weighted by molar-refractivity contribution is -0.116. The second-order valence-electron chi connectivity index (χ2n) is 7.25. The number of nitrogens with zero attached hydrogens (tertiary/aromatic N) is 2. The molecular formula is C18H25N3O3S. The van der Waals surface area contributed by atoms with Crippen LogP contribution < -0.4 is 5.32 Å². The van der Waals surface area contributed by atoms with Crippen LogP contribution in [0.1, 0.15) is 37.7 Å². The Morgan fingerprint density at radius 1 is 1.00 bits per heavy atom. The van der Waals surface area contributed by atoms with Crippen molar-refractivity contribution in [1.82, 2.24) is 9.21 Å². The summed E-state index contributed by atoms with van der Waals surface area (Å²) in [5, 5.41) is 2.79. The second kappa shape index (κ2) is 6.70. The van der Waals surface area contributed by atoms with E-state index in [-0.39, 0.29) is 10.8 Å². The number of fused-ring (bicyclic) bond motifs is 1. The van der Waals surface area contributed by atoms with Crippen molar-refractivity contribution in [2.24, 2.45) is 0 Å². The van der Waals surface area contributed by atoms with E-state index in [0.29, 0.717) is 37.7 Å². The lowest BCUT2D eigenvalue weighted by Gasteiger charge is -2.37. The van der Waals surface area contributed by atoms with Gasteiger partial charge in [0.1, 0.15) is 0 Å². The number of amides is 1. The number of anilines is 1. The average molecular weight is 363 g/mol. The maximum atomic E-state index is 13.0. The number of carbonyl (C=O) groups is 1. The van der Waals surface area contributed by atoms with E-state index >= 15 is 0 Å². The monoisotopic (exact) mass is 363 g/mol. The maximum absolute atomic E-state index is 13.0. The first-order valence-electron chi connectivity index (χ1n) is 9.21. The van der Waals surface area contributed by atoms with Crippen LogP contribution in [0.5, 0.6) is 0 Å². The highest BCUT2D eigenvalue weighted by atomic mass is 32.2. The Bertz CT molecular complexity index is 764. The molecule has 2 aliphatic heterocycles. The van der Waals surface area contributed by atoms with Crippen LogP contribution >= 0.6 is 0 Å². The summed E-state index contributed by atoms with van der Waals surface area (Å²) in [6, 6.07) is 5.76. The molecule has 2 heterocycles. The van der Waals surface area contributed by atoms with Crippen LogP contribution in [-0.4, -0.2) is 55.8 Å². The van der Waals surface area contributed by atoms with E-state index in [4.69, 9.17) is 0 Å². The molecule has 6 nitrogen and oxygen atoms in total. The number of nitrogens with one attached hydrogen (secondary N) is 1. The van der Waals surface area contributed by atoms with Crippen LogP contribution in [0.25, 0.3) is 0 Å². The molecule has 1 saturated carbocycles. The van der Waals surface area contributed by atoms with Crippen LogP contribution in [0.2, 0.25) is 0 Å². The Balaban J connectivity index is 1.48. The number of piperazine rings is 1. The van der Waals surface area contributed by atoms with E-state index in [2.05, 4.69) is 10.2 Å². The molecule has 1 saturated heterocycles. The van der Waals surface area contributed by atoms with Crippen molar-refractivity contribution in [2.75, 3.05) is 31.5 Å². The van der Waals surface area contributed by atoms with Crippen molar-refractivity contribution in [2.45, 2.75) is 49.5 Å². The molecular weight excluding hydrogens is 338 g/mol. The zero-order valence-electron chi connectivity index (χ0n) is 14.4. The largest absolute Gasteiger partial charge is 0.326 e. The van der Waals surface area contributed by atoms with E-state index in [1.165, 1.54) is 25.7 Å². The molecule has 0 bridgehead atoms. The molecule has 3 aliphatic rings. The summed E-state index contributed by atoms with van der Waals surface area (Å²) in [5.41, 5.74) is 1.64. The molecule has 1 N–H and O–H groups in total. The van der Waals surface area contributed by atoms with Crippen molar-refractivity contribution >= 4 is 21.6 Å². The van der Waals surface area contributed by atoms with Gasteiger partial charge in [0.2, 0.25) is 15.9 Å². The summed E-state index contributed by atoms with van der Waals surface area (Å²) >= 11 is 0. The van der Waals surface area contributed by atoms with Crippen LogP contribution in [0, 0.1) is 0 Å². The molecule has 0 aromatic heterocycles. The summed E-state index contributed by atoms with van der Waals surface area (Å²) in [6.07, 6.45) is 6.21. The minimum Gasteiger partial charge on any atom is -0.326 e. The third-order valence-electron chi connectivity index (χ3n) is 5.73. The Kier molecular flexibility index (Phi) is 4.56. The molecule has 2 fully saturated rings. The van der Waals surface area contributed by atoms with Gasteiger partial charge in [0.15, 0.2) is 0 Å². The number of carbonyl (C=O) groups excluding carboxylic acids is 1. The van der Waals surface area contributed by atoms with E-state index in [1.54, 1.807) is 16.4 Å². The maximum Gasteiger partial charge on any atom is 0.243 e. The van der Waals surface area contributed by atoms with Gasteiger partial charge in [-0.1, -0.05) is 18.9 Å². The van der Waals surface area contributed by atoms with E-state index < -0.39 is 10.0 Å². The summed E-state index contributed by atoms with van der Waals surface area (Å²) in [4.78, 5) is 14.3. The number of benzene rings is 1. The summed E-state index contributed by atoms with van der Waals surface area (Å²) in [7, 11) is -3.50. The zero-order chi connectivity index (χ0) is 17.4. The number of sulfonamides is 1. The fourth-order valence-electron chi connectivity index (χ4n) is 4.24. The van der Waals surface area contributed by atoms with Crippen molar-refractivity contribution in [3.05, 3.63) is 23.8 Å². The Morgan fingerprint density at radius 2 is 1.72 bits per heavy atom. The molecule has 7 heteroatoms. The van der Waals surface area contributed by atoms with Crippen LogP contribution in [-0.2, 0) is 21.2 Å². The summed E-state index contributed by atoms with van der Waals surface area (Å²) in [6.45, 7) is 2.71. The third-order valence-corrected chi connectivity index (χ3v) is 7.62. The van der Waals surface area contributed by atoms with Gasteiger partial charge < -0.3 is 5.32 Å². The fraction of sp³-hybridized carbons (Fsp3) is 0.611. The predicted octanol–water partition coefficient (Wildman–Crippen LogP) is 1.82. The Labute approximate surface area is 149 Å². The van der Waals surface area contributed by atoms with E-state index in [1.807, 2.05) is 6.07 Å². The molecule has 0 radical (unpaired) electrons. The van der Waals surface area contributed by atoms with Crippen LogP contribution in [0.3, 0.4) is 0 Å². The van der Waals surface area contributed by atoms with Crippen LogP contribution in [0.4, 0.5) is 5.69 Å². The molecule has 1 aromatic carbocycles. The SMILES string of the molecule is O=C1CCc2ccc(S(=O)(=O)N3CCN(C4CCCC4)CC3)cc2N1. The highest BCUT2D eigenvalue weighted by Crippen LogP contribution is 2.29. The van der Waals surface area contributed by atoms with Gasteiger partial charge in [-0.15, -0.1) is 0 Å². The van der Waals surface area contributed by atoms with Crippen molar-refractivity contribution in [1.29, 1.82) is 0 Å². The van der Waals surface area contributed by atoms with E-state index in [9.17, 15) is 13.2 Å². The molecule has 0 spiro atoms. The molecule has 1 amide bonds. The van der Waals surface area contributed by atoms with Gasteiger partial charge in [0.25, 0.3) is 0 Å². The number of hydrogen-bond acceptors (Lipinski definition) is 4. The number of hydrogen-bond donors (Lipinski definition) is 1. The average Bonchev–Trinajstić information content (AvgIpc) is 3.16. The lowest BCUT2D eigenvalue weighted by Crippen LogP contribution is -2.51. The molecule has 136 valence electrons. The molecule has 0 unspecified atom stereocenters. The quantitative estimate of drug-likeness (QED) is 0.889. The number of aryl methyl sites for hydroxylation is 1. The van der Waals surface area contributed by atoms with Crippen molar-refractivity contribution in [3.8, 4) is 0 Å². The summed E-state index contributed by atoms with van der Waals surface area (Å²) in [5.74, 6) is -0.0489. The first-order chi connectivity index (χ1) is 12.0. The smallest absolute Gasteiger partial charge is 0.243 e. The van der Waals surface area contributed by atoms with Gasteiger partial charge in [0.05, 0.1) is 4.90 Å². The van der Waals surface area contributed by atoms with Gasteiger partial charge in [-0.25, -0.2) is 8.42 Å². The molecule has 0 atom stereocenters. The van der Waals surface area contributed by atoms with Crippen LogP contribution in [0.15, 0.2) is 23.1 Å². The molecule has 4 rings (SSSR count). The molecule has 1 aliphatic carbocycles. The minimum absolute atomic E-state index is 0.0489. The predicted molar refractivity (Wildman–Crippen MR) is 96.0 cm³/mol. The van der Waals surface area contributed by atoms with Crippen molar-refractivity contribution in [3.63, 3.8) is 0 Å². The first-order valence-corrected chi connectivity index (χ1v) is 10.6. The molecule has 25 heavy (non-hydrogen) atoms. The minimum atomic E-state index is -3.50. The molecule has 1 aromatic rings. The van der Waals surface area contributed by atoms with Gasteiger partial charge >= 0.3 is 0 Å². The second-order valence-corrected chi connectivity index (χ2v) is 9.18. The fourth-order valence-corrected chi connectivity index (χ4v) is 5.69. The highest BCUT2D eigenvalue weighted by molar-refractivity contribution is 7.89. The standard InChI is InChI=1S/C18H25N3O3S/c22-18-8-6-14-5-7-16(13-17(14)19-18)25(23,24)21-11-9-20(10-12-21)15-3-1-2-4-15/h5,7,13,15H,1-4,6,8-12H2,(H,19,22). The topological polar surface area (TPSA) is 69.7 Å². The van der Waals surface area contributed by atoms with Crippen molar-refractivity contribution < 1.29 is 13.2 Å². The zero-order valence-corrected chi connectivity index (χ0v) is 15.2. The van der Waals surface area contributed by atoms with Gasteiger partial charge in [-0.05, 0) is 37.0 Å². The highest BCUT2D eigenvalue weighted by Gasteiger charge is 2.32. The Hall–Kier alpha value is -1.44. The summed E-state index contributed by atoms with van der Waals surface area (Å²) < 4.78 is 27.5. The first kappa shape index (κ1) is 17.0. The van der Waals surface area contributed by atoms with E-state index in [0.717, 1.165) is 18.7 Å². The van der Waals surface area contributed by atoms with Gasteiger partial charge in [0, 0.05) is 44.3 Å². The Morgan fingerprint density at radius 3 is 2.44 bits per heavy atom. The third kappa shape index (κ3) is 3.32.